The average Bonchev–Trinajstić information content (AvgIpc) is 3.11. The first-order valence-electron chi connectivity index (χ1n) is 11.2. The number of hydrogen-bond acceptors (Lipinski definition) is 4. The Morgan fingerprint density at radius 3 is 2.44 bits per heavy atom. The molecule has 0 radical (unpaired) electrons. The number of rotatable bonds is 4. The number of amides is 2. The number of halogens is 1. The lowest BCUT2D eigenvalue weighted by Crippen LogP contribution is -2.54. The van der Waals surface area contributed by atoms with Crippen LogP contribution in [-0.2, 0) is 16.6 Å². The molecule has 3 aromatic carbocycles. The predicted octanol–water partition coefficient (Wildman–Crippen LogP) is 6.07. The molecular formula is C28H22ClN3O3S. The van der Waals surface area contributed by atoms with E-state index in [0.717, 1.165) is 22.0 Å². The number of aromatic nitrogens is 1. The second-order valence-electron chi connectivity index (χ2n) is 8.53. The molecule has 0 spiro atoms. The molecular weight excluding hydrogens is 494 g/mol. The van der Waals surface area contributed by atoms with Gasteiger partial charge in [0.05, 0.1) is 11.2 Å². The smallest absolute Gasteiger partial charge is 0.270 e. The Bertz CT molecular complexity index is 1590. The minimum Gasteiger partial charge on any atom is -0.440 e. The number of ether oxygens (including phenoxy) is 1. The summed E-state index contributed by atoms with van der Waals surface area (Å²) in [5.74, 6) is 0.116. The lowest BCUT2D eigenvalue weighted by atomic mass is 10.1. The molecule has 180 valence electrons. The van der Waals surface area contributed by atoms with E-state index in [1.54, 1.807) is 30.3 Å². The van der Waals surface area contributed by atoms with E-state index < -0.39 is 11.8 Å². The number of benzene rings is 3. The Morgan fingerprint density at radius 1 is 0.972 bits per heavy atom. The number of carbonyl (C=O) groups excluding carboxylic acids is 2. The molecule has 1 aromatic heterocycles. The van der Waals surface area contributed by atoms with Crippen molar-refractivity contribution in [2.75, 3.05) is 4.90 Å². The molecule has 2 amide bonds. The molecule has 1 aliphatic heterocycles. The zero-order chi connectivity index (χ0) is 25.6. The van der Waals surface area contributed by atoms with E-state index >= 15 is 0 Å². The molecule has 0 bridgehead atoms. The summed E-state index contributed by atoms with van der Waals surface area (Å²) in [5.41, 5.74) is 4.08. The van der Waals surface area contributed by atoms with E-state index in [-0.39, 0.29) is 10.7 Å². The average molecular weight is 516 g/mol. The summed E-state index contributed by atoms with van der Waals surface area (Å²) in [4.78, 5) is 27.8. The SMILES string of the molecule is Cc1cccc(Oc2c(/C=C3\C(=O)NC(=S)N(c4ccc(Cl)cc4)C3=O)c3ccccc3n2C)c1C. The molecule has 4 aromatic rings. The third-order valence-corrected chi connectivity index (χ3v) is 6.86. The van der Waals surface area contributed by atoms with Gasteiger partial charge in [-0.1, -0.05) is 41.9 Å². The van der Waals surface area contributed by atoms with Gasteiger partial charge in [0.2, 0.25) is 5.88 Å². The van der Waals surface area contributed by atoms with Crippen molar-refractivity contribution in [3.63, 3.8) is 0 Å². The molecule has 1 N–H and O–H groups in total. The van der Waals surface area contributed by atoms with Crippen molar-refractivity contribution in [3.8, 4) is 11.6 Å². The van der Waals surface area contributed by atoms with Gasteiger partial charge >= 0.3 is 0 Å². The second kappa shape index (κ2) is 9.26. The van der Waals surface area contributed by atoms with Crippen LogP contribution in [-0.4, -0.2) is 21.5 Å². The van der Waals surface area contributed by atoms with Gasteiger partial charge in [-0.2, -0.15) is 0 Å². The summed E-state index contributed by atoms with van der Waals surface area (Å²) in [6.45, 7) is 4.01. The number of fused-ring (bicyclic) bond motifs is 1. The fourth-order valence-corrected chi connectivity index (χ4v) is 4.63. The van der Waals surface area contributed by atoms with Gasteiger partial charge in [0.1, 0.15) is 11.3 Å². The summed E-state index contributed by atoms with van der Waals surface area (Å²) in [7, 11) is 1.89. The topological polar surface area (TPSA) is 63.6 Å². The van der Waals surface area contributed by atoms with Gasteiger partial charge in [0.25, 0.3) is 11.8 Å². The Hall–Kier alpha value is -3.94. The van der Waals surface area contributed by atoms with Crippen molar-refractivity contribution in [3.05, 3.63) is 94.0 Å². The van der Waals surface area contributed by atoms with Crippen LogP contribution in [0.2, 0.25) is 5.02 Å². The zero-order valence-electron chi connectivity index (χ0n) is 19.8. The molecule has 1 aliphatic rings. The highest BCUT2D eigenvalue weighted by atomic mass is 35.5. The Kier molecular flexibility index (Phi) is 6.12. The normalized spacial score (nSPS) is 15.1. The number of aryl methyl sites for hydroxylation is 2. The molecule has 0 aliphatic carbocycles. The third kappa shape index (κ3) is 4.06. The predicted molar refractivity (Wildman–Crippen MR) is 147 cm³/mol. The molecule has 36 heavy (non-hydrogen) atoms. The molecule has 1 saturated heterocycles. The van der Waals surface area contributed by atoms with Gasteiger partial charge in [0.15, 0.2) is 5.11 Å². The van der Waals surface area contributed by atoms with E-state index in [4.69, 9.17) is 28.6 Å². The summed E-state index contributed by atoms with van der Waals surface area (Å²) in [6, 6.07) is 20.3. The Labute approximate surface area is 218 Å². The molecule has 5 rings (SSSR count). The van der Waals surface area contributed by atoms with E-state index in [2.05, 4.69) is 5.32 Å². The maximum absolute atomic E-state index is 13.6. The molecule has 6 nitrogen and oxygen atoms in total. The Balaban J connectivity index is 1.66. The molecule has 0 atom stereocenters. The fraction of sp³-hybridized carbons (Fsp3) is 0.107. The van der Waals surface area contributed by atoms with Crippen molar-refractivity contribution < 1.29 is 14.3 Å². The van der Waals surface area contributed by atoms with Crippen LogP contribution in [0.4, 0.5) is 5.69 Å². The largest absolute Gasteiger partial charge is 0.440 e. The minimum absolute atomic E-state index is 0.00857. The number of hydrogen-bond donors (Lipinski definition) is 1. The highest BCUT2D eigenvalue weighted by molar-refractivity contribution is 7.80. The van der Waals surface area contributed by atoms with Crippen LogP contribution in [0.25, 0.3) is 17.0 Å². The van der Waals surface area contributed by atoms with Crippen LogP contribution in [0.3, 0.4) is 0 Å². The molecule has 0 unspecified atom stereocenters. The van der Waals surface area contributed by atoms with Crippen LogP contribution in [0.5, 0.6) is 11.6 Å². The van der Waals surface area contributed by atoms with Crippen molar-refractivity contribution in [2.24, 2.45) is 7.05 Å². The molecule has 2 heterocycles. The second-order valence-corrected chi connectivity index (χ2v) is 9.35. The number of carbonyl (C=O) groups is 2. The molecule has 1 fully saturated rings. The van der Waals surface area contributed by atoms with Gasteiger partial charge in [-0.3, -0.25) is 19.8 Å². The van der Waals surface area contributed by atoms with Crippen molar-refractivity contribution >= 4 is 63.4 Å². The number of anilines is 1. The van der Waals surface area contributed by atoms with Gasteiger partial charge in [-0.15, -0.1) is 0 Å². The first-order valence-corrected chi connectivity index (χ1v) is 12.0. The van der Waals surface area contributed by atoms with Gasteiger partial charge in [-0.25, -0.2) is 0 Å². The van der Waals surface area contributed by atoms with E-state index in [0.29, 0.717) is 27.9 Å². The minimum atomic E-state index is -0.569. The summed E-state index contributed by atoms with van der Waals surface area (Å²) < 4.78 is 8.33. The van der Waals surface area contributed by atoms with E-state index in [1.165, 1.54) is 4.90 Å². The van der Waals surface area contributed by atoms with Crippen LogP contribution in [0.1, 0.15) is 16.7 Å². The lowest BCUT2D eigenvalue weighted by molar-refractivity contribution is -0.122. The monoisotopic (exact) mass is 515 g/mol. The quantitative estimate of drug-likeness (QED) is 0.203. The fourth-order valence-electron chi connectivity index (χ4n) is 4.23. The Morgan fingerprint density at radius 2 is 1.69 bits per heavy atom. The maximum atomic E-state index is 13.6. The highest BCUT2D eigenvalue weighted by Gasteiger charge is 2.35. The van der Waals surface area contributed by atoms with Crippen LogP contribution >= 0.6 is 23.8 Å². The first kappa shape index (κ1) is 23.8. The lowest BCUT2D eigenvalue weighted by Gasteiger charge is -2.29. The van der Waals surface area contributed by atoms with Crippen molar-refractivity contribution in [1.82, 2.24) is 9.88 Å². The standard InChI is InChI=1S/C28H22ClN3O3S/c1-16-7-6-10-24(17(16)2)35-27-21(20-8-4-5-9-23(20)31(27)3)15-22-25(33)30-28(36)32(26(22)34)19-13-11-18(29)12-14-19/h4-15H,1-3H3,(H,30,33,36)/b22-15+. The van der Waals surface area contributed by atoms with Crippen LogP contribution < -0.4 is 15.0 Å². The molecule has 8 heteroatoms. The maximum Gasteiger partial charge on any atom is 0.270 e. The highest BCUT2D eigenvalue weighted by Crippen LogP contribution is 2.38. The van der Waals surface area contributed by atoms with Crippen LogP contribution in [0.15, 0.2) is 72.3 Å². The molecule has 0 saturated carbocycles. The number of thiocarbonyl (C=S) groups is 1. The number of nitrogens with one attached hydrogen (secondary N) is 1. The summed E-state index contributed by atoms with van der Waals surface area (Å²) in [5, 5.41) is 4.01. The van der Waals surface area contributed by atoms with E-state index in [1.807, 2.05) is 67.9 Å². The zero-order valence-corrected chi connectivity index (χ0v) is 21.4. The van der Waals surface area contributed by atoms with Gasteiger partial charge in [-0.05, 0) is 79.7 Å². The van der Waals surface area contributed by atoms with Crippen molar-refractivity contribution in [1.29, 1.82) is 0 Å². The van der Waals surface area contributed by atoms with Crippen LogP contribution in [0, 0.1) is 13.8 Å². The summed E-state index contributed by atoms with van der Waals surface area (Å²) >= 11 is 11.3. The van der Waals surface area contributed by atoms with Gasteiger partial charge < -0.3 is 9.30 Å². The number of para-hydroxylation sites is 1. The summed E-state index contributed by atoms with van der Waals surface area (Å²) in [6.07, 6.45) is 1.57. The first-order chi connectivity index (χ1) is 17.3. The number of nitrogens with zero attached hydrogens (tertiary/aromatic N) is 2. The van der Waals surface area contributed by atoms with Crippen molar-refractivity contribution in [2.45, 2.75) is 13.8 Å². The van der Waals surface area contributed by atoms with Gasteiger partial charge in [0, 0.05) is 23.0 Å². The third-order valence-electron chi connectivity index (χ3n) is 6.33. The van der Waals surface area contributed by atoms with E-state index in [9.17, 15) is 9.59 Å².